The van der Waals surface area contributed by atoms with Crippen molar-refractivity contribution >= 4 is 24.0 Å². The number of hydrogen-bond donors (Lipinski definition) is 1. The summed E-state index contributed by atoms with van der Waals surface area (Å²) in [6.07, 6.45) is 0.841. The van der Waals surface area contributed by atoms with Gasteiger partial charge in [-0.05, 0) is 49.7 Å². The third-order valence-electron chi connectivity index (χ3n) is 4.84. The quantitative estimate of drug-likeness (QED) is 0.496. The number of aryl methyl sites for hydroxylation is 2. The molecule has 1 heterocycles. The van der Waals surface area contributed by atoms with E-state index in [0.29, 0.717) is 43.3 Å². The predicted octanol–water partition coefficient (Wildman–Crippen LogP) is 2.37. The van der Waals surface area contributed by atoms with Gasteiger partial charge in [0.1, 0.15) is 0 Å². The number of piperazine rings is 1. The molecule has 0 spiro atoms. The Kier molecular flexibility index (Phi) is 6.25. The Labute approximate surface area is 170 Å². The lowest BCUT2D eigenvalue weighted by Crippen LogP contribution is -2.53. The van der Waals surface area contributed by atoms with Crippen molar-refractivity contribution in [2.24, 2.45) is 4.99 Å². The van der Waals surface area contributed by atoms with E-state index in [9.17, 15) is 9.59 Å². The summed E-state index contributed by atoms with van der Waals surface area (Å²) in [5.74, 6) is 0.160. The van der Waals surface area contributed by atoms with Crippen molar-refractivity contribution in [3.05, 3.63) is 64.7 Å². The maximum absolute atomic E-state index is 12.8. The van der Waals surface area contributed by atoms with E-state index >= 15 is 0 Å². The molecule has 1 aliphatic heterocycles. The minimum atomic E-state index is -0.296. The Hall–Kier alpha value is -3.66. The molecule has 0 aromatic heterocycles. The van der Waals surface area contributed by atoms with Gasteiger partial charge in [-0.2, -0.15) is 5.26 Å². The van der Waals surface area contributed by atoms with E-state index in [1.165, 1.54) is 0 Å². The molecular formula is C22H23N5O2. The largest absolute Gasteiger partial charge is 0.342 e. The Bertz CT molecular complexity index is 968. The Balaban J connectivity index is 1.87. The van der Waals surface area contributed by atoms with Crippen LogP contribution in [0.25, 0.3) is 0 Å². The predicted molar refractivity (Wildman–Crippen MR) is 111 cm³/mol. The molecule has 0 radical (unpaired) electrons. The number of nitriles is 1. The van der Waals surface area contributed by atoms with Crippen LogP contribution >= 0.6 is 0 Å². The van der Waals surface area contributed by atoms with E-state index in [4.69, 9.17) is 10.3 Å². The first-order valence-corrected chi connectivity index (χ1v) is 9.42. The van der Waals surface area contributed by atoms with E-state index in [1.807, 2.05) is 43.0 Å². The monoisotopic (exact) mass is 389 g/mol. The van der Waals surface area contributed by atoms with Gasteiger partial charge in [0.2, 0.25) is 12.4 Å². The van der Waals surface area contributed by atoms with Crippen LogP contribution in [-0.2, 0) is 4.79 Å². The Morgan fingerprint density at radius 1 is 1.10 bits per heavy atom. The van der Waals surface area contributed by atoms with E-state index in [-0.39, 0.29) is 5.91 Å². The van der Waals surface area contributed by atoms with Crippen molar-refractivity contribution < 1.29 is 9.59 Å². The summed E-state index contributed by atoms with van der Waals surface area (Å²) in [6, 6.07) is 14.5. The zero-order valence-corrected chi connectivity index (χ0v) is 16.6. The van der Waals surface area contributed by atoms with Gasteiger partial charge in [-0.1, -0.05) is 17.7 Å². The fraction of sp³-hybridized carbons (Fsp3) is 0.273. The van der Waals surface area contributed by atoms with Crippen LogP contribution in [-0.4, -0.2) is 54.3 Å². The summed E-state index contributed by atoms with van der Waals surface area (Å²) < 4.78 is 0. The second-order valence-electron chi connectivity index (χ2n) is 7.00. The van der Waals surface area contributed by atoms with Crippen LogP contribution in [0.4, 0.5) is 5.69 Å². The number of rotatable bonds is 3. The van der Waals surface area contributed by atoms with Crippen molar-refractivity contribution in [2.45, 2.75) is 13.8 Å². The lowest BCUT2D eigenvalue weighted by atomic mass is 10.1. The molecule has 0 bridgehead atoms. The van der Waals surface area contributed by atoms with Crippen LogP contribution in [0, 0.1) is 25.2 Å². The van der Waals surface area contributed by atoms with Gasteiger partial charge in [0.25, 0.3) is 5.91 Å². The first kappa shape index (κ1) is 20.1. The van der Waals surface area contributed by atoms with Gasteiger partial charge < -0.3 is 9.80 Å². The van der Waals surface area contributed by atoms with Gasteiger partial charge in [0, 0.05) is 31.7 Å². The average molecular weight is 389 g/mol. The second kappa shape index (κ2) is 9.02. The second-order valence-corrected chi connectivity index (χ2v) is 7.00. The molecule has 0 saturated carbocycles. The summed E-state index contributed by atoms with van der Waals surface area (Å²) in [4.78, 5) is 32.2. The summed E-state index contributed by atoms with van der Waals surface area (Å²) in [5.41, 5.74) is 3.88. The number of carbonyl (C=O) groups is 2. The molecule has 7 nitrogen and oxygen atoms in total. The van der Waals surface area contributed by atoms with Gasteiger partial charge >= 0.3 is 0 Å². The van der Waals surface area contributed by atoms with Crippen molar-refractivity contribution in [3.63, 3.8) is 0 Å². The van der Waals surface area contributed by atoms with Crippen LogP contribution in [0.2, 0.25) is 0 Å². The molecule has 2 amide bonds. The highest BCUT2D eigenvalue weighted by Gasteiger charge is 2.21. The molecule has 29 heavy (non-hydrogen) atoms. The molecule has 2 aromatic rings. The first-order valence-electron chi connectivity index (χ1n) is 9.42. The minimum absolute atomic E-state index is 0.296. The first-order chi connectivity index (χ1) is 14.0. The molecular weight excluding hydrogens is 366 g/mol. The number of hydrogen-bond acceptors (Lipinski definition) is 4. The van der Waals surface area contributed by atoms with Gasteiger partial charge in [-0.15, -0.1) is 0 Å². The molecule has 0 atom stereocenters. The van der Waals surface area contributed by atoms with Gasteiger partial charge in [0.05, 0.1) is 17.3 Å². The molecule has 1 saturated heterocycles. The lowest BCUT2D eigenvalue weighted by Gasteiger charge is -2.34. The normalized spacial score (nSPS) is 14.3. The number of benzene rings is 2. The van der Waals surface area contributed by atoms with Gasteiger partial charge in [-0.3, -0.25) is 14.9 Å². The zero-order chi connectivity index (χ0) is 20.8. The van der Waals surface area contributed by atoms with Gasteiger partial charge in [-0.25, -0.2) is 4.99 Å². The summed E-state index contributed by atoms with van der Waals surface area (Å²) in [7, 11) is 0. The Morgan fingerprint density at radius 2 is 1.79 bits per heavy atom. The molecule has 1 fully saturated rings. The van der Waals surface area contributed by atoms with Crippen molar-refractivity contribution in [2.75, 3.05) is 26.2 Å². The van der Waals surface area contributed by atoms with Crippen molar-refractivity contribution in [1.29, 1.82) is 5.26 Å². The number of nitrogens with one attached hydrogen (secondary N) is 1. The summed E-state index contributed by atoms with van der Waals surface area (Å²) in [5, 5.41) is 11.8. The minimum Gasteiger partial charge on any atom is -0.342 e. The number of nitrogens with zero attached hydrogens (tertiary/aromatic N) is 4. The van der Waals surface area contributed by atoms with Crippen molar-refractivity contribution in [3.8, 4) is 6.07 Å². The highest BCUT2D eigenvalue weighted by atomic mass is 16.2. The third kappa shape index (κ3) is 4.99. The fourth-order valence-corrected chi connectivity index (χ4v) is 3.13. The number of guanidine groups is 1. The van der Waals surface area contributed by atoms with E-state index < -0.39 is 0 Å². The highest BCUT2D eigenvalue weighted by molar-refractivity contribution is 6.06. The maximum atomic E-state index is 12.8. The maximum Gasteiger partial charge on any atom is 0.257 e. The SMILES string of the molecule is Cc1ccc(N=C(NC(=O)c2ccc(C#N)cc2)N2CCN(C=O)CC2)c(C)c1. The third-order valence-corrected chi connectivity index (χ3v) is 4.84. The molecule has 3 rings (SSSR count). The molecule has 1 aliphatic rings. The molecule has 0 unspecified atom stereocenters. The smallest absolute Gasteiger partial charge is 0.257 e. The van der Waals surface area contributed by atoms with E-state index in [0.717, 1.165) is 23.2 Å². The Morgan fingerprint density at radius 3 is 2.38 bits per heavy atom. The van der Waals surface area contributed by atoms with E-state index in [2.05, 4.69) is 5.32 Å². The lowest BCUT2D eigenvalue weighted by molar-refractivity contribution is -0.119. The molecule has 0 aliphatic carbocycles. The molecule has 1 N–H and O–H groups in total. The van der Waals surface area contributed by atoms with Crippen LogP contribution in [0.5, 0.6) is 0 Å². The summed E-state index contributed by atoms with van der Waals surface area (Å²) >= 11 is 0. The fourth-order valence-electron chi connectivity index (χ4n) is 3.13. The standard InChI is InChI=1S/C22H23N5O2/c1-16-3-8-20(17(2)13-16)24-22(27-11-9-26(15-28)10-12-27)25-21(29)19-6-4-18(14-23)5-7-19/h3-8,13,15H,9-12H2,1-2H3,(H,24,25,29). The van der Waals surface area contributed by atoms with Crippen LogP contribution in [0.3, 0.4) is 0 Å². The van der Waals surface area contributed by atoms with Crippen molar-refractivity contribution in [1.82, 2.24) is 15.1 Å². The van der Waals surface area contributed by atoms with Gasteiger partial charge in [0.15, 0.2) is 0 Å². The molecule has 2 aromatic carbocycles. The number of aliphatic imine (C=N–C) groups is 1. The topological polar surface area (TPSA) is 88.8 Å². The molecule has 148 valence electrons. The van der Waals surface area contributed by atoms with Crippen LogP contribution in [0.15, 0.2) is 47.5 Å². The zero-order valence-electron chi connectivity index (χ0n) is 16.6. The average Bonchev–Trinajstić information content (AvgIpc) is 2.75. The number of carbonyl (C=O) groups excluding carboxylic acids is 2. The van der Waals surface area contributed by atoms with Crippen LogP contribution < -0.4 is 5.32 Å². The van der Waals surface area contributed by atoms with Crippen LogP contribution in [0.1, 0.15) is 27.0 Å². The molecule has 7 heteroatoms. The highest BCUT2D eigenvalue weighted by Crippen LogP contribution is 2.20. The van der Waals surface area contributed by atoms with E-state index in [1.54, 1.807) is 29.2 Å². The number of amides is 2. The summed E-state index contributed by atoms with van der Waals surface area (Å²) in [6.45, 7) is 6.31.